The van der Waals surface area contributed by atoms with Crippen LogP contribution in [0.15, 0.2) is 59.5 Å². The van der Waals surface area contributed by atoms with Gasteiger partial charge in [-0.05, 0) is 63.1 Å². The first-order chi connectivity index (χ1) is 15.4. The van der Waals surface area contributed by atoms with Gasteiger partial charge in [0.05, 0.1) is 4.90 Å². The summed E-state index contributed by atoms with van der Waals surface area (Å²) in [6.45, 7) is 3.87. The molecule has 32 heavy (non-hydrogen) atoms. The number of nitrogens with one attached hydrogen (secondary N) is 3. The first-order valence-corrected chi connectivity index (χ1v) is 12.4. The number of hydrogen-bond donors (Lipinski definition) is 3. The Labute approximate surface area is 189 Å². The van der Waals surface area contributed by atoms with Crippen molar-refractivity contribution in [3.05, 3.63) is 65.9 Å². The van der Waals surface area contributed by atoms with Crippen molar-refractivity contribution in [2.75, 3.05) is 15.4 Å². The van der Waals surface area contributed by atoms with Gasteiger partial charge in [0, 0.05) is 29.2 Å². The summed E-state index contributed by atoms with van der Waals surface area (Å²) in [5, 5.41) is 6.74. The van der Waals surface area contributed by atoms with Crippen LogP contribution in [-0.2, 0) is 10.0 Å². The molecule has 168 valence electrons. The highest BCUT2D eigenvalue weighted by Crippen LogP contribution is 2.23. The van der Waals surface area contributed by atoms with Gasteiger partial charge in [0.2, 0.25) is 5.95 Å². The smallest absolute Gasteiger partial charge is 0.261 e. The monoisotopic (exact) mass is 451 g/mol. The van der Waals surface area contributed by atoms with Gasteiger partial charge in [-0.25, -0.2) is 13.4 Å². The minimum atomic E-state index is -3.63. The second-order valence-corrected chi connectivity index (χ2v) is 10.0. The van der Waals surface area contributed by atoms with Crippen LogP contribution in [-0.4, -0.2) is 24.4 Å². The van der Waals surface area contributed by atoms with Gasteiger partial charge in [0.25, 0.3) is 10.0 Å². The topological polar surface area (TPSA) is 96.0 Å². The van der Waals surface area contributed by atoms with Crippen molar-refractivity contribution in [2.24, 2.45) is 0 Å². The Morgan fingerprint density at radius 1 is 0.844 bits per heavy atom. The minimum absolute atomic E-state index is 0.236. The van der Waals surface area contributed by atoms with Crippen LogP contribution < -0.4 is 15.4 Å². The SMILES string of the molecule is Cc1ccc(S(=O)(=O)Nc2ccc(Nc3cc(C)nc(NC4CCCCC4)n3)cc2)cc1. The van der Waals surface area contributed by atoms with E-state index in [1.807, 2.05) is 32.0 Å². The molecule has 1 aliphatic rings. The lowest BCUT2D eigenvalue weighted by Crippen LogP contribution is -2.23. The fourth-order valence-corrected chi connectivity index (χ4v) is 4.89. The van der Waals surface area contributed by atoms with Crippen LogP contribution in [0.2, 0.25) is 0 Å². The third-order valence-corrected chi connectivity index (χ3v) is 6.93. The van der Waals surface area contributed by atoms with Gasteiger partial charge < -0.3 is 10.6 Å². The number of sulfonamides is 1. The average Bonchev–Trinajstić information content (AvgIpc) is 2.75. The molecule has 0 radical (unpaired) electrons. The summed E-state index contributed by atoms with van der Waals surface area (Å²) < 4.78 is 27.8. The van der Waals surface area contributed by atoms with Gasteiger partial charge in [-0.1, -0.05) is 37.0 Å². The molecule has 3 N–H and O–H groups in total. The van der Waals surface area contributed by atoms with Gasteiger partial charge in [0.15, 0.2) is 0 Å². The number of rotatable bonds is 7. The molecule has 7 nitrogen and oxygen atoms in total. The summed E-state index contributed by atoms with van der Waals surface area (Å²) in [7, 11) is -3.63. The van der Waals surface area contributed by atoms with Gasteiger partial charge in [-0.2, -0.15) is 4.98 Å². The van der Waals surface area contributed by atoms with E-state index in [2.05, 4.69) is 25.3 Å². The largest absolute Gasteiger partial charge is 0.351 e. The number of hydrogen-bond acceptors (Lipinski definition) is 6. The number of nitrogens with zero attached hydrogens (tertiary/aromatic N) is 2. The first kappa shape index (κ1) is 22.1. The van der Waals surface area contributed by atoms with E-state index in [9.17, 15) is 8.42 Å². The lowest BCUT2D eigenvalue weighted by Gasteiger charge is -2.23. The fourth-order valence-electron chi connectivity index (χ4n) is 3.83. The molecule has 0 unspecified atom stereocenters. The molecule has 0 atom stereocenters. The van der Waals surface area contributed by atoms with Crippen molar-refractivity contribution in [1.82, 2.24) is 9.97 Å². The first-order valence-electron chi connectivity index (χ1n) is 11.0. The predicted octanol–water partition coefficient (Wildman–Crippen LogP) is 5.38. The lowest BCUT2D eigenvalue weighted by atomic mass is 9.96. The van der Waals surface area contributed by atoms with E-state index < -0.39 is 10.0 Å². The Kier molecular flexibility index (Phi) is 6.60. The third kappa shape index (κ3) is 5.76. The molecular weight excluding hydrogens is 422 g/mol. The molecule has 1 aromatic heterocycles. The van der Waals surface area contributed by atoms with Gasteiger partial charge in [0.1, 0.15) is 5.82 Å². The average molecular weight is 452 g/mol. The Balaban J connectivity index is 1.42. The summed E-state index contributed by atoms with van der Waals surface area (Å²) >= 11 is 0. The highest BCUT2D eigenvalue weighted by Gasteiger charge is 2.15. The third-order valence-electron chi connectivity index (χ3n) is 5.53. The summed E-state index contributed by atoms with van der Waals surface area (Å²) in [5.74, 6) is 1.34. The molecule has 0 saturated heterocycles. The van der Waals surface area contributed by atoms with Crippen LogP contribution in [0.3, 0.4) is 0 Å². The molecule has 8 heteroatoms. The maximum atomic E-state index is 12.6. The van der Waals surface area contributed by atoms with Crippen LogP contribution >= 0.6 is 0 Å². The van der Waals surface area contributed by atoms with Gasteiger partial charge >= 0.3 is 0 Å². The standard InChI is InChI=1S/C24H29N5O2S/c1-17-8-14-22(15-9-17)32(30,31)29-21-12-10-20(11-13-21)26-23-16-18(2)25-24(28-23)27-19-6-4-3-5-7-19/h8-16,19,29H,3-7H2,1-2H3,(H2,25,26,27,28). The Hall–Kier alpha value is -3.13. The molecule has 4 rings (SSSR count). The van der Waals surface area contributed by atoms with Crippen LogP contribution in [0.4, 0.5) is 23.1 Å². The zero-order valence-corrected chi connectivity index (χ0v) is 19.2. The molecule has 0 spiro atoms. The molecule has 0 bridgehead atoms. The summed E-state index contributed by atoms with van der Waals surface area (Å²) in [6.07, 6.45) is 6.10. The van der Waals surface area contributed by atoms with Crippen molar-refractivity contribution < 1.29 is 8.42 Å². The Morgan fingerprint density at radius 3 is 2.19 bits per heavy atom. The zero-order valence-electron chi connectivity index (χ0n) is 18.4. The maximum Gasteiger partial charge on any atom is 0.261 e. The Bertz CT molecular complexity index is 1160. The van der Waals surface area contributed by atoms with E-state index in [0.717, 1.165) is 29.8 Å². The number of aromatic nitrogens is 2. The zero-order chi connectivity index (χ0) is 22.6. The molecule has 1 saturated carbocycles. The normalized spacial score (nSPS) is 14.7. The molecule has 2 aromatic carbocycles. The lowest BCUT2D eigenvalue weighted by molar-refractivity contribution is 0.461. The van der Waals surface area contributed by atoms with E-state index in [4.69, 9.17) is 0 Å². The van der Waals surface area contributed by atoms with Crippen molar-refractivity contribution in [3.63, 3.8) is 0 Å². The highest BCUT2D eigenvalue weighted by atomic mass is 32.2. The second-order valence-electron chi connectivity index (χ2n) is 8.32. The van der Waals surface area contributed by atoms with Crippen LogP contribution in [0, 0.1) is 13.8 Å². The highest BCUT2D eigenvalue weighted by molar-refractivity contribution is 7.92. The second kappa shape index (κ2) is 9.56. The van der Waals surface area contributed by atoms with Crippen LogP contribution in [0.1, 0.15) is 43.4 Å². The van der Waals surface area contributed by atoms with E-state index in [-0.39, 0.29) is 4.90 Å². The van der Waals surface area contributed by atoms with Crippen molar-refractivity contribution in [2.45, 2.75) is 56.9 Å². The molecule has 3 aromatic rings. The summed E-state index contributed by atoms with van der Waals surface area (Å²) in [6, 6.07) is 16.2. The Morgan fingerprint density at radius 2 is 1.50 bits per heavy atom. The van der Waals surface area contributed by atoms with Gasteiger partial charge in [-0.15, -0.1) is 0 Å². The van der Waals surface area contributed by atoms with Crippen molar-refractivity contribution >= 4 is 33.2 Å². The van der Waals surface area contributed by atoms with Crippen molar-refractivity contribution in [3.8, 4) is 0 Å². The van der Waals surface area contributed by atoms with E-state index in [1.165, 1.54) is 19.3 Å². The quantitative estimate of drug-likeness (QED) is 0.446. The predicted molar refractivity (Wildman–Crippen MR) is 129 cm³/mol. The van der Waals surface area contributed by atoms with E-state index in [1.54, 1.807) is 36.4 Å². The summed E-state index contributed by atoms with van der Waals surface area (Å²) in [4.78, 5) is 9.36. The molecule has 1 heterocycles. The van der Waals surface area contributed by atoms with E-state index >= 15 is 0 Å². The van der Waals surface area contributed by atoms with E-state index in [0.29, 0.717) is 23.5 Å². The van der Waals surface area contributed by atoms with Gasteiger partial charge in [-0.3, -0.25) is 4.72 Å². The van der Waals surface area contributed by atoms with Crippen LogP contribution in [0.5, 0.6) is 0 Å². The molecule has 1 aliphatic carbocycles. The fraction of sp³-hybridized carbons (Fsp3) is 0.333. The van der Waals surface area contributed by atoms with Crippen LogP contribution in [0.25, 0.3) is 0 Å². The van der Waals surface area contributed by atoms with Crippen molar-refractivity contribution in [1.29, 1.82) is 0 Å². The number of benzene rings is 2. The number of anilines is 4. The maximum absolute atomic E-state index is 12.6. The molecule has 1 fully saturated rings. The molecular formula is C24H29N5O2S. The summed E-state index contributed by atoms with van der Waals surface area (Å²) in [5.41, 5.74) is 3.19. The number of aryl methyl sites for hydroxylation is 2. The molecule has 0 amide bonds. The minimum Gasteiger partial charge on any atom is -0.351 e. The molecule has 0 aliphatic heterocycles.